The summed E-state index contributed by atoms with van der Waals surface area (Å²) in [5, 5.41) is 11.7. The van der Waals surface area contributed by atoms with Gasteiger partial charge in [-0.2, -0.15) is 0 Å². The van der Waals surface area contributed by atoms with Gasteiger partial charge in [-0.25, -0.2) is 0 Å². The number of benzene rings is 1. The van der Waals surface area contributed by atoms with Crippen molar-refractivity contribution in [3.8, 4) is 0 Å². The minimum Gasteiger partial charge on any atom is -0.359 e. The van der Waals surface area contributed by atoms with Gasteiger partial charge >= 0.3 is 0 Å². The van der Waals surface area contributed by atoms with E-state index in [0.29, 0.717) is 5.02 Å². The van der Waals surface area contributed by atoms with Gasteiger partial charge in [-0.1, -0.05) is 23.7 Å². The molecule has 0 saturated carbocycles. The number of fused-ring (bicyclic) bond motifs is 1. The van der Waals surface area contributed by atoms with Gasteiger partial charge in [0.1, 0.15) is 0 Å². The molecule has 0 spiro atoms. The average molecular weight is 223 g/mol. The molecule has 2 aromatic rings. The molecule has 0 bridgehead atoms. The van der Waals surface area contributed by atoms with Crippen LogP contribution in [-0.2, 0) is 0 Å². The minimum absolute atomic E-state index is 0.497. The van der Waals surface area contributed by atoms with Crippen molar-refractivity contribution in [1.82, 2.24) is 4.98 Å². The highest BCUT2D eigenvalue weighted by molar-refractivity contribution is 6.35. The van der Waals surface area contributed by atoms with E-state index >= 15 is 0 Å². The van der Waals surface area contributed by atoms with Crippen LogP contribution in [0.1, 0.15) is 5.56 Å². The van der Waals surface area contributed by atoms with Gasteiger partial charge in [-0.15, -0.1) is 0 Å². The molecule has 1 aromatic heterocycles. The third kappa shape index (κ3) is 1.85. The molecule has 5 heteroatoms. The van der Waals surface area contributed by atoms with Crippen LogP contribution in [0.15, 0.2) is 30.6 Å². The fourth-order valence-electron chi connectivity index (χ4n) is 1.42. The number of hydrogen-bond donors (Lipinski definition) is 1. The highest BCUT2D eigenvalue weighted by Gasteiger charge is 2.04. The van der Waals surface area contributed by atoms with Gasteiger partial charge in [0, 0.05) is 23.2 Å². The Morgan fingerprint density at radius 2 is 2.27 bits per heavy atom. The zero-order chi connectivity index (χ0) is 10.8. The second-order valence-electron chi connectivity index (χ2n) is 3.01. The molecule has 15 heavy (non-hydrogen) atoms. The van der Waals surface area contributed by atoms with Gasteiger partial charge < -0.3 is 4.98 Å². The van der Waals surface area contributed by atoms with Crippen molar-refractivity contribution in [2.45, 2.75) is 0 Å². The van der Waals surface area contributed by atoms with Gasteiger partial charge in [-0.3, -0.25) is 10.1 Å². The first-order valence-electron chi connectivity index (χ1n) is 4.26. The summed E-state index contributed by atoms with van der Waals surface area (Å²) in [6.07, 6.45) is 4.04. The lowest BCUT2D eigenvalue weighted by molar-refractivity contribution is -0.400. The fourth-order valence-corrected chi connectivity index (χ4v) is 1.65. The first-order valence-corrected chi connectivity index (χ1v) is 4.63. The fraction of sp³-hybridized carbons (Fsp3) is 0. The van der Waals surface area contributed by atoms with E-state index in [1.54, 1.807) is 12.3 Å². The van der Waals surface area contributed by atoms with Crippen LogP contribution in [0.25, 0.3) is 17.0 Å². The van der Waals surface area contributed by atoms with E-state index in [9.17, 15) is 10.1 Å². The summed E-state index contributed by atoms with van der Waals surface area (Å²) in [5.41, 5.74) is 1.55. The molecule has 0 saturated heterocycles. The van der Waals surface area contributed by atoms with Crippen molar-refractivity contribution in [1.29, 1.82) is 0 Å². The standard InChI is InChI=1S/C10H7ClN2O2/c11-9-3-1-2-8-7(4-5-13(14)15)6-12-10(8)9/h1-6,12H/b5-4+. The number of nitrogens with one attached hydrogen (secondary N) is 1. The Labute approximate surface area is 90.3 Å². The van der Waals surface area contributed by atoms with Crippen molar-refractivity contribution in [3.63, 3.8) is 0 Å². The maximum atomic E-state index is 10.2. The smallest absolute Gasteiger partial charge is 0.235 e. The van der Waals surface area contributed by atoms with E-state index < -0.39 is 4.92 Å². The minimum atomic E-state index is -0.497. The Morgan fingerprint density at radius 3 is 3.00 bits per heavy atom. The van der Waals surface area contributed by atoms with E-state index in [0.717, 1.165) is 22.7 Å². The van der Waals surface area contributed by atoms with Crippen LogP contribution < -0.4 is 0 Å². The average Bonchev–Trinajstić information content (AvgIpc) is 2.59. The SMILES string of the molecule is O=[N+]([O-])/C=C/c1c[nH]c2c(Cl)cccc12. The highest BCUT2D eigenvalue weighted by Crippen LogP contribution is 2.25. The molecule has 4 nitrogen and oxygen atoms in total. The summed E-state index contributed by atoms with van der Waals surface area (Å²) < 4.78 is 0. The lowest BCUT2D eigenvalue weighted by Gasteiger charge is -1.92. The van der Waals surface area contributed by atoms with Crippen LogP contribution in [-0.4, -0.2) is 9.91 Å². The summed E-state index contributed by atoms with van der Waals surface area (Å²) in [5.74, 6) is 0. The number of aromatic nitrogens is 1. The van der Waals surface area contributed by atoms with Crippen molar-refractivity contribution >= 4 is 28.6 Å². The van der Waals surface area contributed by atoms with Crippen LogP contribution in [0, 0.1) is 10.1 Å². The molecule has 0 radical (unpaired) electrons. The molecule has 0 aliphatic heterocycles. The van der Waals surface area contributed by atoms with Gasteiger partial charge in [0.25, 0.3) is 0 Å². The number of nitro groups is 1. The molecular weight excluding hydrogens is 216 g/mol. The number of nitrogens with zero attached hydrogens (tertiary/aromatic N) is 1. The van der Waals surface area contributed by atoms with Crippen molar-refractivity contribution < 1.29 is 4.92 Å². The van der Waals surface area contributed by atoms with Crippen molar-refractivity contribution in [2.75, 3.05) is 0 Å². The van der Waals surface area contributed by atoms with Crippen LogP contribution in [0.2, 0.25) is 5.02 Å². The third-order valence-electron chi connectivity index (χ3n) is 2.07. The Balaban J connectivity index is 2.54. The summed E-state index contributed by atoms with van der Waals surface area (Å²) >= 11 is 5.94. The van der Waals surface area contributed by atoms with Gasteiger partial charge in [0.15, 0.2) is 0 Å². The van der Waals surface area contributed by atoms with Crippen LogP contribution in [0.4, 0.5) is 0 Å². The second-order valence-corrected chi connectivity index (χ2v) is 3.41. The Bertz CT molecular complexity index is 545. The first-order chi connectivity index (χ1) is 7.18. The van der Waals surface area contributed by atoms with Crippen molar-refractivity contribution in [2.24, 2.45) is 0 Å². The van der Waals surface area contributed by atoms with E-state index in [1.165, 1.54) is 6.08 Å². The molecule has 1 aromatic carbocycles. The summed E-state index contributed by atoms with van der Waals surface area (Å²) in [7, 11) is 0. The Morgan fingerprint density at radius 1 is 1.47 bits per heavy atom. The Kier molecular flexibility index (Phi) is 2.43. The number of halogens is 1. The number of aromatic amines is 1. The topological polar surface area (TPSA) is 58.9 Å². The molecular formula is C10H7ClN2O2. The summed E-state index contributed by atoms with van der Waals surface area (Å²) in [6, 6.07) is 5.43. The van der Waals surface area contributed by atoms with Crippen LogP contribution >= 0.6 is 11.6 Å². The van der Waals surface area contributed by atoms with Crippen LogP contribution in [0.5, 0.6) is 0 Å². The molecule has 1 N–H and O–H groups in total. The predicted octanol–water partition coefficient (Wildman–Crippen LogP) is 3.07. The monoisotopic (exact) mass is 222 g/mol. The van der Waals surface area contributed by atoms with E-state index in [4.69, 9.17) is 11.6 Å². The summed E-state index contributed by atoms with van der Waals surface area (Å²) in [6.45, 7) is 0. The lowest BCUT2D eigenvalue weighted by atomic mass is 10.2. The zero-order valence-electron chi connectivity index (χ0n) is 7.61. The normalized spacial score (nSPS) is 11.3. The predicted molar refractivity (Wildman–Crippen MR) is 59.3 cm³/mol. The highest BCUT2D eigenvalue weighted by atomic mass is 35.5. The second kappa shape index (κ2) is 3.74. The largest absolute Gasteiger partial charge is 0.359 e. The summed E-state index contributed by atoms with van der Waals surface area (Å²) in [4.78, 5) is 12.7. The van der Waals surface area contributed by atoms with E-state index in [2.05, 4.69) is 4.98 Å². The van der Waals surface area contributed by atoms with E-state index in [-0.39, 0.29) is 0 Å². The molecule has 0 aliphatic rings. The van der Waals surface area contributed by atoms with Crippen molar-refractivity contribution in [3.05, 3.63) is 51.3 Å². The van der Waals surface area contributed by atoms with E-state index in [1.807, 2.05) is 12.1 Å². The number of para-hydroxylation sites is 1. The number of rotatable bonds is 2. The maximum Gasteiger partial charge on any atom is 0.235 e. The molecule has 1 heterocycles. The molecule has 2 rings (SSSR count). The quantitative estimate of drug-likeness (QED) is 0.627. The first kappa shape index (κ1) is 9.73. The van der Waals surface area contributed by atoms with Gasteiger partial charge in [0.05, 0.1) is 15.5 Å². The lowest BCUT2D eigenvalue weighted by Crippen LogP contribution is -1.81. The molecule has 0 aliphatic carbocycles. The molecule has 0 atom stereocenters. The molecule has 0 fully saturated rings. The van der Waals surface area contributed by atoms with Gasteiger partial charge in [0.2, 0.25) is 6.20 Å². The molecule has 0 unspecified atom stereocenters. The third-order valence-corrected chi connectivity index (χ3v) is 2.39. The zero-order valence-corrected chi connectivity index (χ0v) is 8.36. The van der Waals surface area contributed by atoms with Crippen LogP contribution in [0.3, 0.4) is 0 Å². The molecule has 0 amide bonds. The maximum absolute atomic E-state index is 10.2. The number of hydrogen-bond acceptors (Lipinski definition) is 2. The number of H-pyrrole nitrogens is 1. The Hall–Kier alpha value is -1.81. The van der Waals surface area contributed by atoms with Gasteiger partial charge in [-0.05, 0) is 6.07 Å². The molecule has 76 valence electrons.